The molecule has 2 aromatic carbocycles. The Morgan fingerprint density at radius 3 is 2.03 bits per heavy atom. The third kappa shape index (κ3) is 7.79. The number of rotatable bonds is 7. The normalized spacial score (nSPS) is 19.9. The highest BCUT2D eigenvalue weighted by Gasteiger charge is 2.34. The van der Waals surface area contributed by atoms with Crippen LogP contribution in [0, 0.1) is 5.92 Å². The molecule has 1 saturated carbocycles. The molecule has 0 spiro atoms. The molecule has 2 saturated heterocycles. The van der Waals surface area contributed by atoms with E-state index in [2.05, 4.69) is 22.8 Å². The van der Waals surface area contributed by atoms with Gasteiger partial charge in [-0.05, 0) is 92.9 Å². The van der Waals surface area contributed by atoms with E-state index in [0.717, 1.165) is 107 Å². The van der Waals surface area contributed by atoms with Gasteiger partial charge in [-0.2, -0.15) is 0 Å². The molecule has 38 heavy (non-hydrogen) atoms. The molecule has 2 aromatic rings. The Labute approximate surface area is 226 Å². The third-order valence-electron chi connectivity index (χ3n) is 8.16. The molecule has 6 nitrogen and oxygen atoms in total. The zero-order valence-electron chi connectivity index (χ0n) is 22.5. The van der Waals surface area contributed by atoms with Crippen molar-refractivity contribution in [2.45, 2.75) is 63.5 Å². The molecule has 2 N–H and O–H groups in total. The van der Waals surface area contributed by atoms with E-state index in [1.807, 2.05) is 41.3 Å². The maximum atomic E-state index is 15.0. The predicted octanol–water partition coefficient (Wildman–Crippen LogP) is 5.45. The molecule has 0 unspecified atom stereocenters. The molecule has 0 bridgehead atoms. The van der Waals surface area contributed by atoms with Crippen molar-refractivity contribution in [3.05, 3.63) is 54.1 Å². The number of hydrogen-bond donors (Lipinski definition) is 1. The Hall–Kier alpha value is -2.93. The van der Waals surface area contributed by atoms with Crippen molar-refractivity contribution in [1.29, 1.82) is 0 Å². The molecule has 3 fully saturated rings. The van der Waals surface area contributed by atoms with Crippen LogP contribution < -0.4 is 10.5 Å². The molecule has 7 heteroatoms. The number of ether oxygens (including phenoxy) is 1. The summed E-state index contributed by atoms with van der Waals surface area (Å²) in [7, 11) is 0. The summed E-state index contributed by atoms with van der Waals surface area (Å²) < 4.78 is 21.1. The number of likely N-dealkylation sites (tertiary alicyclic amines) is 2. The van der Waals surface area contributed by atoms with Crippen LogP contribution in [-0.2, 0) is 4.79 Å². The summed E-state index contributed by atoms with van der Waals surface area (Å²) in [5.41, 5.74) is 6.20. The van der Waals surface area contributed by atoms with E-state index in [-0.39, 0.29) is 12.3 Å². The Bertz CT molecular complexity index is 1010. The molecule has 3 aliphatic rings. The molecule has 0 atom stereocenters. The first-order chi connectivity index (χ1) is 18.5. The summed E-state index contributed by atoms with van der Waals surface area (Å²) in [6.07, 6.45) is 9.40. The van der Waals surface area contributed by atoms with Crippen LogP contribution in [0.15, 0.2) is 48.5 Å². The highest BCUT2D eigenvalue weighted by Crippen LogP contribution is 2.33. The van der Waals surface area contributed by atoms with Crippen molar-refractivity contribution in [3.8, 4) is 16.9 Å². The van der Waals surface area contributed by atoms with Crippen LogP contribution in [0.25, 0.3) is 11.1 Å². The molecule has 2 amide bonds. The minimum absolute atomic E-state index is 0.141. The van der Waals surface area contributed by atoms with Crippen molar-refractivity contribution in [2.24, 2.45) is 11.7 Å². The number of benzene rings is 2. The lowest BCUT2D eigenvalue weighted by Crippen LogP contribution is -2.45. The van der Waals surface area contributed by atoms with Gasteiger partial charge in [-0.15, -0.1) is 0 Å². The number of nitrogens with two attached hydrogens (primary N) is 1. The van der Waals surface area contributed by atoms with Gasteiger partial charge >= 0.3 is 0 Å². The molecule has 0 aromatic heterocycles. The van der Waals surface area contributed by atoms with Crippen LogP contribution in [0.1, 0.15) is 68.1 Å². The van der Waals surface area contributed by atoms with Crippen LogP contribution in [0.2, 0.25) is 0 Å². The number of primary amides is 1. The number of piperidine rings is 1. The fourth-order valence-corrected chi connectivity index (χ4v) is 5.92. The summed E-state index contributed by atoms with van der Waals surface area (Å²) in [6.45, 7) is 5.05. The van der Waals surface area contributed by atoms with Crippen LogP contribution in [0.4, 0.5) is 4.39 Å². The second-order valence-corrected chi connectivity index (χ2v) is 11.0. The maximum absolute atomic E-state index is 15.0. The monoisotopic (exact) mass is 523 g/mol. The molecule has 1 aliphatic carbocycles. The highest BCUT2D eigenvalue weighted by molar-refractivity contribution is 5.94. The van der Waals surface area contributed by atoms with Gasteiger partial charge in [0.15, 0.2) is 0 Å². The summed E-state index contributed by atoms with van der Waals surface area (Å²) in [5.74, 6) is 1.57. The second kappa shape index (κ2) is 13.7. The fourth-order valence-electron chi connectivity index (χ4n) is 5.92. The summed E-state index contributed by atoms with van der Waals surface area (Å²) >= 11 is 0. The van der Waals surface area contributed by atoms with E-state index in [0.29, 0.717) is 12.5 Å². The Balaban J connectivity index is 0.00000107. The first-order valence-corrected chi connectivity index (χ1v) is 14.2. The molecular weight excluding hydrogens is 481 g/mol. The van der Waals surface area contributed by atoms with Gasteiger partial charge in [0, 0.05) is 25.2 Å². The number of halogens is 1. The quantitative estimate of drug-likeness (QED) is 0.490. The SMILES string of the molecule is NC=O.O=C(c1ccc(-c2ccc(OCC3CCN(CC4(F)CCCCC4)CC3)cc2)cc1)N1CCCC1. The number of alkyl halides is 1. The van der Waals surface area contributed by atoms with Crippen molar-refractivity contribution in [3.63, 3.8) is 0 Å². The molecule has 0 radical (unpaired) electrons. The van der Waals surface area contributed by atoms with Crippen LogP contribution in [-0.4, -0.2) is 67.1 Å². The Morgan fingerprint density at radius 2 is 1.45 bits per heavy atom. The minimum atomic E-state index is -0.951. The molecule has 2 heterocycles. The van der Waals surface area contributed by atoms with E-state index < -0.39 is 5.67 Å². The van der Waals surface area contributed by atoms with Gasteiger partial charge in [0.25, 0.3) is 5.91 Å². The van der Waals surface area contributed by atoms with Gasteiger partial charge in [0.1, 0.15) is 11.4 Å². The molecule has 206 valence electrons. The van der Waals surface area contributed by atoms with E-state index in [4.69, 9.17) is 9.53 Å². The predicted molar refractivity (Wildman–Crippen MR) is 149 cm³/mol. The number of nitrogens with zero attached hydrogens (tertiary/aromatic N) is 2. The average Bonchev–Trinajstić information content (AvgIpc) is 3.49. The summed E-state index contributed by atoms with van der Waals surface area (Å²) in [6, 6.07) is 16.2. The number of hydrogen-bond acceptors (Lipinski definition) is 4. The number of carbonyl (C=O) groups is 2. The van der Waals surface area contributed by atoms with Crippen molar-refractivity contribution in [2.75, 3.05) is 39.3 Å². The van der Waals surface area contributed by atoms with Gasteiger partial charge in [0.2, 0.25) is 6.41 Å². The standard InChI is InChI=1S/C30H39FN2O2.CH3NO/c31-30(16-2-1-3-17-30)23-32-20-14-24(15-21-32)22-35-28-12-10-26(11-13-28)25-6-8-27(9-7-25)29(34)33-18-4-5-19-33;2-1-3/h6-13,24H,1-5,14-23H2;1H,(H2,2,3). The van der Waals surface area contributed by atoms with Gasteiger partial charge < -0.3 is 20.3 Å². The lowest BCUT2D eigenvalue weighted by molar-refractivity contribution is -0.106. The molecule has 2 aliphatic heterocycles. The molecule has 5 rings (SSSR count). The minimum Gasteiger partial charge on any atom is -0.493 e. The fraction of sp³-hybridized carbons (Fsp3) is 0.548. The largest absolute Gasteiger partial charge is 0.493 e. The highest BCUT2D eigenvalue weighted by atomic mass is 19.1. The Morgan fingerprint density at radius 1 is 0.895 bits per heavy atom. The Kier molecular flexibility index (Phi) is 10.2. The van der Waals surface area contributed by atoms with E-state index in [1.165, 1.54) is 6.42 Å². The number of amides is 2. The lowest BCUT2D eigenvalue weighted by atomic mass is 9.85. The number of carbonyl (C=O) groups excluding carboxylic acids is 2. The average molecular weight is 524 g/mol. The van der Waals surface area contributed by atoms with Crippen LogP contribution >= 0.6 is 0 Å². The second-order valence-electron chi connectivity index (χ2n) is 11.0. The topological polar surface area (TPSA) is 75.9 Å². The van der Waals surface area contributed by atoms with Gasteiger partial charge in [0.05, 0.1) is 6.61 Å². The van der Waals surface area contributed by atoms with Gasteiger partial charge in [-0.25, -0.2) is 4.39 Å². The van der Waals surface area contributed by atoms with Crippen LogP contribution in [0.5, 0.6) is 5.75 Å². The third-order valence-corrected chi connectivity index (χ3v) is 8.16. The van der Waals surface area contributed by atoms with E-state index >= 15 is 4.39 Å². The van der Waals surface area contributed by atoms with E-state index in [9.17, 15) is 4.79 Å². The lowest BCUT2D eigenvalue weighted by Gasteiger charge is -2.38. The zero-order valence-corrected chi connectivity index (χ0v) is 22.5. The van der Waals surface area contributed by atoms with Crippen molar-refractivity contribution in [1.82, 2.24) is 9.80 Å². The van der Waals surface area contributed by atoms with Gasteiger partial charge in [-0.3, -0.25) is 9.59 Å². The van der Waals surface area contributed by atoms with Crippen molar-refractivity contribution >= 4 is 12.3 Å². The molecular formula is C31H42FN3O3. The summed E-state index contributed by atoms with van der Waals surface area (Å²) in [4.78, 5) is 25.4. The zero-order chi connectivity index (χ0) is 26.8. The van der Waals surface area contributed by atoms with E-state index in [1.54, 1.807) is 0 Å². The van der Waals surface area contributed by atoms with Gasteiger partial charge in [-0.1, -0.05) is 43.5 Å². The summed E-state index contributed by atoms with van der Waals surface area (Å²) in [5, 5.41) is 0. The first kappa shape index (κ1) is 28.1. The first-order valence-electron chi connectivity index (χ1n) is 14.2. The smallest absolute Gasteiger partial charge is 0.253 e. The van der Waals surface area contributed by atoms with Crippen LogP contribution in [0.3, 0.4) is 0 Å². The van der Waals surface area contributed by atoms with Crippen molar-refractivity contribution < 1.29 is 18.7 Å². The maximum Gasteiger partial charge on any atom is 0.253 e.